The Morgan fingerprint density at radius 3 is 2.61 bits per heavy atom. The molecular weight excluding hydrogens is 313 g/mol. The van der Waals surface area contributed by atoms with Crippen molar-refractivity contribution < 1.29 is 4.39 Å². The van der Waals surface area contributed by atoms with Crippen LogP contribution in [0.5, 0.6) is 0 Å². The lowest BCUT2D eigenvalue weighted by atomic mass is 10.2. The highest BCUT2D eigenvalue weighted by atomic mass is 35.5. The molecule has 1 saturated carbocycles. The van der Waals surface area contributed by atoms with Crippen LogP contribution in [0.4, 0.5) is 4.39 Å². The van der Waals surface area contributed by atoms with Crippen LogP contribution in [0.3, 0.4) is 0 Å². The summed E-state index contributed by atoms with van der Waals surface area (Å²) in [6, 6.07) is 11.1. The van der Waals surface area contributed by atoms with Crippen LogP contribution >= 0.6 is 11.6 Å². The average molecular weight is 330 g/mol. The Labute approximate surface area is 139 Å². The first-order valence-corrected chi connectivity index (χ1v) is 8.17. The van der Waals surface area contributed by atoms with Crippen LogP contribution in [0.15, 0.2) is 48.8 Å². The number of benzene rings is 1. The van der Waals surface area contributed by atoms with Gasteiger partial charge in [-0.15, -0.1) is 0 Å². The predicted octanol–water partition coefficient (Wildman–Crippen LogP) is 4.29. The van der Waals surface area contributed by atoms with E-state index in [-0.39, 0.29) is 5.82 Å². The van der Waals surface area contributed by atoms with E-state index in [1.54, 1.807) is 0 Å². The van der Waals surface area contributed by atoms with Gasteiger partial charge in [0.2, 0.25) is 0 Å². The van der Waals surface area contributed by atoms with Crippen molar-refractivity contribution in [3.05, 3.63) is 70.9 Å². The van der Waals surface area contributed by atoms with E-state index in [4.69, 9.17) is 11.6 Å². The Hall–Kier alpha value is -1.91. The molecule has 5 heteroatoms. The summed E-state index contributed by atoms with van der Waals surface area (Å²) in [4.78, 5) is 7.08. The first-order valence-electron chi connectivity index (χ1n) is 7.79. The van der Waals surface area contributed by atoms with Gasteiger partial charge in [-0.3, -0.25) is 4.90 Å². The van der Waals surface area contributed by atoms with E-state index < -0.39 is 0 Å². The second-order valence-corrected chi connectivity index (χ2v) is 6.54. The third-order valence-corrected chi connectivity index (χ3v) is 4.42. The van der Waals surface area contributed by atoms with Crippen molar-refractivity contribution >= 4 is 17.2 Å². The van der Waals surface area contributed by atoms with Crippen LogP contribution in [-0.4, -0.2) is 20.3 Å². The molecular formula is C18H17ClFN3. The van der Waals surface area contributed by atoms with Crippen LogP contribution in [0.25, 0.3) is 5.65 Å². The predicted molar refractivity (Wildman–Crippen MR) is 88.9 cm³/mol. The molecule has 0 radical (unpaired) electrons. The van der Waals surface area contributed by atoms with Crippen LogP contribution in [-0.2, 0) is 13.1 Å². The Balaban J connectivity index is 1.54. The van der Waals surface area contributed by atoms with Crippen molar-refractivity contribution in [2.75, 3.05) is 0 Å². The second-order valence-electron chi connectivity index (χ2n) is 6.11. The largest absolute Gasteiger partial charge is 0.305 e. The Morgan fingerprint density at radius 1 is 1.09 bits per heavy atom. The molecule has 1 aliphatic carbocycles. The highest BCUT2D eigenvalue weighted by Gasteiger charge is 2.29. The lowest BCUT2D eigenvalue weighted by molar-refractivity contribution is 0.243. The maximum absolute atomic E-state index is 13.1. The van der Waals surface area contributed by atoms with Crippen LogP contribution in [0, 0.1) is 5.82 Å². The fourth-order valence-electron chi connectivity index (χ4n) is 2.88. The van der Waals surface area contributed by atoms with Crippen molar-refractivity contribution in [3.63, 3.8) is 0 Å². The molecule has 0 unspecified atom stereocenters. The van der Waals surface area contributed by atoms with E-state index in [1.807, 2.05) is 41.1 Å². The standard InChI is InChI=1S/C18H17ClFN3/c19-14-3-8-18-21-16(12-23(18)10-14)11-22(17-6-7-17)9-13-1-4-15(20)5-2-13/h1-5,8,10,12,17H,6-7,9,11H2. The summed E-state index contributed by atoms with van der Waals surface area (Å²) in [6.45, 7) is 1.61. The average Bonchev–Trinajstić information content (AvgIpc) is 3.30. The molecule has 118 valence electrons. The number of fused-ring (bicyclic) bond motifs is 1. The van der Waals surface area contributed by atoms with Gasteiger partial charge in [-0.05, 0) is 42.7 Å². The zero-order chi connectivity index (χ0) is 15.8. The molecule has 3 aromatic rings. The number of imidazole rings is 1. The van der Waals surface area contributed by atoms with Gasteiger partial charge in [0.1, 0.15) is 11.5 Å². The molecule has 0 amide bonds. The summed E-state index contributed by atoms with van der Waals surface area (Å²) in [5.74, 6) is -0.191. The van der Waals surface area contributed by atoms with Crippen molar-refractivity contribution in [2.45, 2.75) is 32.0 Å². The molecule has 1 aromatic carbocycles. The van der Waals surface area contributed by atoms with E-state index in [0.29, 0.717) is 11.1 Å². The normalized spacial score (nSPS) is 14.7. The molecule has 0 spiro atoms. The van der Waals surface area contributed by atoms with E-state index in [2.05, 4.69) is 9.88 Å². The monoisotopic (exact) mass is 329 g/mol. The Kier molecular flexibility index (Phi) is 3.79. The van der Waals surface area contributed by atoms with E-state index in [9.17, 15) is 4.39 Å². The quantitative estimate of drug-likeness (QED) is 0.696. The topological polar surface area (TPSA) is 20.5 Å². The smallest absolute Gasteiger partial charge is 0.137 e. The molecule has 1 fully saturated rings. The number of aromatic nitrogens is 2. The molecule has 1 aliphatic rings. The van der Waals surface area contributed by atoms with Crippen LogP contribution < -0.4 is 0 Å². The molecule has 2 aromatic heterocycles. The highest BCUT2D eigenvalue weighted by Crippen LogP contribution is 2.30. The molecule has 3 nitrogen and oxygen atoms in total. The van der Waals surface area contributed by atoms with Gasteiger partial charge in [0.25, 0.3) is 0 Å². The molecule has 0 saturated heterocycles. The van der Waals surface area contributed by atoms with Crippen LogP contribution in [0.1, 0.15) is 24.1 Å². The number of nitrogens with zero attached hydrogens (tertiary/aromatic N) is 3. The lowest BCUT2D eigenvalue weighted by Crippen LogP contribution is -2.25. The maximum atomic E-state index is 13.1. The van der Waals surface area contributed by atoms with E-state index >= 15 is 0 Å². The summed E-state index contributed by atoms with van der Waals surface area (Å²) < 4.78 is 15.0. The molecule has 0 atom stereocenters. The van der Waals surface area contributed by atoms with Gasteiger partial charge in [0, 0.05) is 31.5 Å². The molecule has 2 heterocycles. The summed E-state index contributed by atoms with van der Waals surface area (Å²) >= 11 is 6.02. The Bertz CT molecular complexity index is 824. The zero-order valence-corrected chi connectivity index (χ0v) is 13.4. The summed E-state index contributed by atoms with van der Waals surface area (Å²) in [5, 5.41) is 0.701. The molecule has 0 bridgehead atoms. The molecule has 23 heavy (non-hydrogen) atoms. The molecule has 4 rings (SSSR count). The van der Waals surface area contributed by atoms with Crippen molar-refractivity contribution in [1.82, 2.24) is 14.3 Å². The first kappa shape index (κ1) is 14.7. The lowest BCUT2D eigenvalue weighted by Gasteiger charge is -2.21. The SMILES string of the molecule is Fc1ccc(CN(Cc2cn3cc(Cl)ccc3n2)C2CC2)cc1. The third-order valence-electron chi connectivity index (χ3n) is 4.19. The van der Waals surface area contributed by atoms with Gasteiger partial charge < -0.3 is 4.40 Å². The number of halogens is 2. The minimum atomic E-state index is -0.191. The minimum Gasteiger partial charge on any atom is -0.305 e. The van der Waals surface area contributed by atoms with Gasteiger partial charge in [-0.25, -0.2) is 9.37 Å². The molecule has 0 aliphatic heterocycles. The van der Waals surface area contributed by atoms with Crippen molar-refractivity contribution in [2.24, 2.45) is 0 Å². The maximum Gasteiger partial charge on any atom is 0.137 e. The number of pyridine rings is 1. The van der Waals surface area contributed by atoms with Crippen molar-refractivity contribution in [1.29, 1.82) is 0 Å². The van der Waals surface area contributed by atoms with Gasteiger partial charge in [-0.2, -0.15) is 0 Å². The number of hydrogen-bond donors (Lipinski definition) is 0. The fraction of sp³-hybridized carbons (Fsp3) is 0.278. The van der Waals surface area contributed by atoms with Gasteiger partial charge in [0.15, 0.2) is 0 Å². The Morgan fingerprint density at radius 2 is 1.87 bits per heavy atom. The number of hydrogen-bond acceptors (Lipinski definition) is 2. The van der Waals surface area contributed by atoms with Crippen molar-refractivity contribution in [3.8, 4) is 0 Å². The van der Waals surface area contributed by atoms with Crippen LogP contribution in [0.2, 0.25) is 5.02 Å². The van der Waals surface area contributed by atoms with Gasteiger partial charge >= 0.3 is 0 Å². The highest BCUT2D eigenvalue weighted by molar-refractivity contribution is 6.30. The number of rotatable bonds is 5. The van der Waals surface area contributed by atoms with Gasteiger partial charge in [0.05, 0.1) is 10.7 Å². The summed E-state index contributed by atoms with van der Waals surface area (Å²) in [6.07, 6.45) is 6.34. The molecule has 0 N–H and O–H groups in total. The van der Waals surface area contributed by atoms with E-state index in [0.717, 1.165) is 30.0 Å². The first-order chi connectivity index (χ1) is 11.2. The third kappa shape index (κ3) is 3.38. The summed E-state index contributed by atoms with van der Waals surface area (Å²) in [5.41, 5.74) is 3.06. The minimum absolute atomic E-state index is 0.191. The zero-order valence-electron chi connectivity index (χ0n) is 12.6. The second kappa shape index (κ2) is 5.95. The van der Waals surface area contributed by atoms with E-state index in [1.165, 1.54) is 25.0 Å². The van der Waals surface area contributed by atoms with Gasteiger partial charge in [-0.1, -0.05) is 23.7 Å². The fourth-order valence-corrected chi connectivity index (χ4v) is 3.05. The summed E-state index contributed by atoms with van der Waals surface area (Å²) in [7, 11) is 0.